The molecule has 0 atom stereocenters. The molecule has 0 radical (unpaired) electrons. The van der Waals surface area contributed by atoms with Crippen molar-refractivity contribution in [2.24, 2.45) is 0 Å². The van der Waals surface area contributed by atoms with E-state index in [1.807, 2.05) is 6.07 Å². The van der Waals surface area contributed by atoms with Gasteiger partial charge in [0.2, 0.25) is 0 Å². The van der Waals surface area contributed by atoms with E-state index in [1.54, 1.807) is 36.3 Å². The van der Waals surface area contributed by atoms with Crippen molar-refractivity contribution in [2.45, 2.75) is 36.8 Å². The normalized spacial score (nSPS) is 13.4. The Balaban J connectivity index is 0.000000423. The van der Waals surface area contributed by atoms with Crippen molar-refractivity contribution < 1.29 is 27.9 Å². The number of carbonyl (C=O) groups is 2. The summed E-state index contributed by atoms with van der Waals surface area (Å²) >= 11 is 8.22. The zero-order valence-corrected chi connectivity index (χ0v) is 18.1. The zero-order valence-electron chi connectivity index (χ0n) is 16.5. The number of aromatic nitrogens is 1. The number of ketones is 1. The highest BCUT2D eigenvalue weighted by Gasteiger charge is 2.38. The minimum Gasteiger partial charge on any atom is -0.475 e. The minimum atomic E-state index is -5.08. The van der Waals surface area contributed by atoms with Gasteiger partial charge in [0.15, 0.2) is 5.78 Å². The lowest BCUT2D eigenvalue weighted by Gasteiger charge is -2.13. The van der Waals surface area contributed by atoms with Gasteiger partial charge in [-0.25, -0.2) is 4.79 Å². The predicted molar refractivity (Wildman–Crippen MR) is 114 cm³/mol. The SMILES string of the molecule is O=C(CCCSc1c(Cl)ccc2c1CCNCC2)c1ccncc1.O=C(O)C(F)(F)F. The average Bonchev–Trinajstić information content (AvgIpc) is 2.98. The van der Waals surface area contributed by atoms with Crippen molar-refractivity contribution >= 4 is 35.1 Å². The van der Waals surface area contributed by atoms with Crippen LogP contribution in [0.3, 0.4) is 0 Å². The topological polar surface area (TPSA) is 79.3 Å². The lowest BCUT2D eigenvalue weighted by molar-refractivity contribution is -0.192. The number of aliphatic carboxylic acids is 1. The van der Waals surface area contributed by atoms with Gasteiger partial charge in [0.05, 0.1) is 5.02 Å². The first-order valence-electron chi connectivity index (χ1n) is 9.57. The number of Topliss-reactive ketones (excluding diaryl/α,β-unsaturated/α-hetero) is 1. The molecule has 1 aliphatic rings. The molecule has 10 heteroatoms. The van der Waals surface area contributed by atoms with E-state index in [1.165, 1.54) is 16.0 Å². The van der Waals surface area contributed by atoms with Crippen molar-refractivity contribution in [1.82, 2.24) is 10.3 Å². The number of hydrogen-bond acceptors (Lipinski definition) is 5. The number of benzene rings is 1. The predicted octanol–water partition coefficient (Wildman–Crippen LogP) is 4.81. The summed E-state index contributed by atoms with van der Waals surface area (Å²) < 4.78 is 31.7. The Morgan fingerprint density at radius 1 is 1.13 bits per heavy atom. The summed E-state index contributed by atoms with van der Waals surface area (Å²) in [4.78, 5) is 26.2. The van der Waals surface area contributed by atoms with Crippen LogP contribution < -0.4 is 5.32 Å². The van der Waals surface area contributed by atoms with E-state index in [2.05, 4.69) is 16.4 Å². The molecule has 3 rings (SSSR count). The number of nitrogens with one attached hydrogen (secondary N) is 1. The van der Waals surface area contributed by atoms with Crippen LogP contribution in [-0.4, -0.2) is 46.9 Å². The summed E-state index contributed by atoms with van der Waals surface area (Å²) in [6.45, 7) is 2.03. The average molecular weight is 475 g/mol. The van der Waals surface area contributed by atoms with Gasteiger partial charge in [0, 0.05) is 29.3 Å². The van der Waals surface area contributed by atoms with Crippen molar-refractivity contribution in [3.05, 3.63) is 58.4 Å². The number of hydrogen-bond donors (Lipinski definition) is 2. The standard InChI is InChI=1S/C19H21ClN2OS.C2HF3O2/c20-17-4-3-14-5-9-22-12-8-16(14)19(17)24-13-1-2-18(23)15-6-10-21-11-7-15;3-2(4,5)1(6)7/h3-4,6-7,10-11,22H,1-2,5,8-9,12-13H2;(H,6,7). The number of thioether (sulfide) groups is 1. The fourth-order valence-electron chi connectivity index (χ4n) is 2.95. The maximum Gasteiger partial charge on any atom is 0.490 e. The molecule has 0 spiro atoms. The van der Waals surface area contributed by atoms with Crippen LogP contribution in [0, 0.1) is 0 Å². The Labute approximate surface area is 187 Å². The van der Waals surface area contributed by atoms with Crippen molar-refractivity contribution in [3.8, 4) is 0 Å². The summed E-state index contributed by atoms with van der Waals surface area (Å²) in [5, 5.41) is 11.4. The number of carbonyl (C=O) groups excluding carboxylic acids is 1. The molecule has 31 heavy (non-hydrogen) atoms. The van der Waals surface area contributed by atoms with E-state index in [0.29, 0.717) is 6.42 Å². The van der Waals surface area contributed by atoms with Crippen LogP contribution in [0.4, 0.5) is 13.2 Å². The molecule has 5 nitrogen and oxygen atoms in total. The third kappa shape index (κ3) is 8.16. The monoisotopic (exact) mass is 474 g/mol. The second-order valence-corrected chi connectivity index (χ2v) is 8.19. The zero-order chi connectivity index (χ0) is 22.9. The van der Waals surface area contributed by atoms with Crippen LogP contribution in [0.5, 0.6) is 0 Å². The molecule has 1 aliphatic heterocycles. The first kappa shape index (κ1) is 25.2. The van der Waals surface area contributed by atoms with Gasteiger partial charge in [-0.15, -0.1) is 11.8 Å². The summed E-state index contributed by atoms with van der Waals surface area (Å²) in [6.07, 6.45) is 1.73. The first-order chi connectivity index (χ1) is 14.7. The van der Waals surface area contributed by atoms with E-state index in [9.17, 15) is 18.0 Å². The largest absolute Gasteiger partial charge is 0.490 e. The molecule has 0 saturated heterocycles. The number of halogens is 4. The van der Waals surface area contributed by atoms with Crippen molar-refractivity contribution in [2.75, 3.05) is 18.8 Å². The van der Waals surface area contributed by atoms with E-state index in [-0.39, 0.29) is 5.78 Å². The lowest BCUT2D eigenvalue weighted by Crippen LogP contribution is -2.21. The molecule has 1 aromatic heterocycles. The molecule has 168 valence electrons. The highest BCUT2D eigenvalue weighted by Crippen LogP contribution is 2.34. The van der Waals surface area contributed by atoms with Gasteiger partial charge in [-0.2, -0.15) is 13.2 Å². The Kier molecular flexibility index (Phi) is 9.80. The number of rotatable bonds is 6. The highest BCUT2D eigenvalue weighted by atomic mass is 35.5. The van der Waals surface area contributed by atoms with Gasteiger partial charge in [-0.3, -0.25) is 9.78 Å². The third-order valence-corrected chi connectivity index (χ3v) is 6.15. The number of fused-ring (bicyclic) bond motifs is 1. The Hall–Kier alpha value is -2.10. The van der Waals surface area contributed by atoms with E-state index < -0.39 is 12.1 Å². The maximum atomic E-state index is 12.1. The number of carboxylic acids is 1. The molecule has 1 aromatic carbocycles. The molecule has 2 heterocycles. The number of carboxylic acid groups (broad SMARTS) is 1. The molecule has 0 fully saturated rings. The van der Waals surface area contributed by atoms with Gasteiger partial charge in [-0.1, -0.05) is 17.7 Å². The second kappa shape index (κ2) is 12.1. The van der Waals surface area contributed by atoms with Crippen LogP contribution in [0.1, 0.15) is 34.3 Å². The van der Waals surface area contributed by atoms with E-state index in [0.717, 1.165) is 48.7 Å². The van der Waals surface area contributed by atoms with Crippen LogP contribution in [0.25, 0.3) is 0 Å². The fourth-order valence-corrected chi connectivity index (χ4v) is 4.40. The highest BCUT2D eigenvalue weighted by molar-refractivity contribution is 7.99. The lowest BCUT2D eigenvalue weighted by atomic mass is 10.0. The molecule has 2 aromatic rings. The molecule has 0 bridgehead atoms. The van der Waals surface area contributed by atoms with Crippen LogP contribution in [-0.2, 0) is 17.6 Å². The van der Waals surface area contributed by atoms with Gasteiger partial charge < -0.3 is 10.4 Å². The van der Waals surface area contributed by atoms with Gasteiger partial charge in [0.1, 0.15) is 0 Å². The fraction of sp³-hybridized carbons (Fsp3) is 0.381. The van der Waals surface area contributed by atoms with Crippen LogP contribution in [0.2, 0.25) is 5.02 Å². The summed E-state index contributed by atoms with van der Waals surface area (Å²) in [6, 6.07) is 7.71. The van der Waals surface area contributed by atoms with E-state index in [4.69, 9.17) is 21.5 Å². The van der Waals surface area contributed by atoms with Crippen LogP contribution in [0.15, 0.2) is 41.6 Å². The maximum absolute atomic E-state index is 12.1. The molecule has 0 unspecified atom stereocenters. The third-order valence-electron chi connectivity index (χ3n) is 4.47. The molecule has 0 amide bonds. The molecule has 0 saturated carbocycles. The number of nitrogens with zero attached hydrogens (tertiary/aromatic N) is 1. The molecule has 2 N–H and O–H groups in total. The first-order valence-corrected chi connectivity index (χ1v) is 10.9. The van der Waals surface area contributed by atoms with Gasteiger partial charge >= 0.3 is 12.1 Å². The Morgan fingerprint density at radius 3 is 2.42 bits per heavy atom. The summed E-state index contributed by atoms with van der Waals surface area (Å²) in [5.74, 6) is -1.67. The summed E-state index contributed by atoms with van der Waals surface area (Å²) in [7, 11) is 0. The smallest absolute Gasteiger partial charge is 0.475 e. The second-order valence-electron chi connectivity index (χ2n) is 6.68. The Bertz CT molecular complexity index is 895. The Morgan fingerprint density at radius 2 is 1.77 bits per heavy atom. The quantitative estimate of drug-likeness (QED) is 0.355. The minimum absolute atomic E-state index is 0.181. The van der Waals surface area contributed by atoms with Crippen molar-refractivity contribution in [1.29, 1.82) is 0 Å². The van der Waals surface area contributed by atoms with Gasteiger partial charge in [-0.05, 0) is 67.4 Å². The molecular weight excluding hydrogens is 453 g/mol. The van der Waals surface area contributed by atoms with Crippen LogP contribution >= 0.6 is 23.4 Å². The van der Waals surface area contributed by atoms with Crippen molar-refractivity contribution in [3.63, 3.8) is 0 Å². The summed E-state index contributed by atoms with van der Waals surface area (Å²) in [5.41, 5.74) is 3.53. The van der Waals surface area contributed by atoms with E-state index >= 15 is 0 Å². The number of alkyl halides is 3. The molecule has 0 aliphatic carbocycles. The number of pyridine rings is 1. The molecular formula is C21H22ClF3N2O3S. The van der Waals surface area contributed by atoms with Gasteiger partial charge in [0.25, 0.3) is 0 Å².